The van der Waals surface area contributed by atoms with Gasteiger partial charge >= 0.3 is 0 Å². The first-order valence-corrected chi connectivity index (χ1v) is 13.7. The van der Waals surface area contributed by atoms with Crippen LogP contribution < -0.4 is 4.74 Å². The molecule has 0 N–H and O–H groups in total. The zero-order valence-electron chi connectivity index (χ0n) is 28.5. The Balaban J connectivity index is 1.46. The van der Waals surface area contributed by atoms with E-state index in [0.29, 0.717) is 28.9 Å². The van der Waals surface area contributed by atoms with Gasteiger partial charge in [0.15, 0.2) is 15.0 Å². The molecular formula is C28H29N3O3S2. The van der Waals surface area contributed by atoms with Gasteiger partial charge in [0.25, 0.3) is 0 Å². The van der Waals surface area contributed by atoms with E-state index in [1.807, 2.05) is 19.1 Å². The van der Waals surface area contributed by atoms with Gasteiger partial charge in [-0.25, -0.2) is 13.4 Å². The van der Waals surface area contributed by atoms with Gasteiger partial charge in [0.05, 0.1) is 28.7 Å². The second-order valence-electron chi connectivity index (χ2n) is 8.07. The predicted molar refractivity (Wildman–Crippen MR) is 144 cm³/mol. The summed E-state index contributed by atoms with van der Waals surface area (Å²) in [5, 5.41) is -3.04. The van der Waals surface area contributed by atoms with Crippen LogP contribution in [0.2, 0.25) is 0 Å². The zero-order chi connectivity index (χ0) is 33.2. The third kappa shape index (κ3) is 5.50. The summed E-state index contributed by atoms with van der Waals surface area (Å²) in [6, 6.07) is 15.3. The number of pyridine rings is 1. The van der Waals surface area contributed by atoms with Crippen LogP contribution in [0.5, 0.6) is 5.75 Å². The molecule has 36 heavy (non-hydrogen) atoms. The van der Waals surface area contributed by atoms with Crippen molar-refractivity contribution in [2.75, 3.05) is 6.26 Å². The van der Waals surface area contributed by atoms with Crippen molar-refractivity contribution in [2.24, 2.45) is 0 Å². The number of benzene rings is 2. The molecular weight excluding hydrogens is 490 g/mol. The number of aromatic nitrogens is 3. The van der Waals surface area contributed by atoms with Crippen molar-refractivity contribution in [1.29, 1.82) is 0 Å². The number of sulfone groups is 1. The highest BCUT2D eigenvalue weighted by atomic mass is 32.2. The van der Waals surface area contributed by atoms with E-state index >= 15 is 0 Å². The smallest absolute Gasteiger partial charge is 0.175 e. The van der Waals surface area contributed by atoms with Gasteiger partial charge in [0.1, 0.15) is 12.4 Å². The molecule has 0 aliphatic heterocycles. The van der Waals surface area contributed by atoms with Gasteiger partial charge in [-0.05, 0) is 72.8 Å². The molecule has 0 bridgehead atoms. The Morgan fingerprint density at radius 2 is 1.92 bits per heavy atom. The van der Waals surface area contributed by atoms with Gasteiger partial charge < -0.3 is 4.74 Å². The van der Waals surface area contributed by atoms with Crippen molar-refractivity contribution in [3.63, 3.8) is 0 Å². The minimum atomic E-state index is -3.32. The minimum Gasteiger partial charge on any atom is -0.487 e. The zero-order valence-corrected chi connectivity index (χ0v) is 21.2. The molecule has 1 saturated carbocycles. The molecule has 6 nitrogen and oxygen atoms in total. The van der Waals surface area contributed by atoms with Crippen molar-refractivity contribution >= 4 is 21.6 Å². The van der Waals surface area contributed by atoms with Gasteiger partial charge in [0, 0.05) is 30.0 Å². The van der Waals surface area contributed by atoms with Gasteiger partial charge in [-0.2, -0.15) is 0 Å². The Kier molecular flexibility index (Phi) is 4.63. The SMILES string of the molecule is [2H]C1([2H])C([2H])([2H])C([2H])([2H])C([2H])(Sc2ncc(COc3ccc(-c4ccc(S(C)(=O)=O)cc4)c(C)c3)n2-c2cccnc2)C1([2H])[2H]. The summed E-state index contributed by atoms with van der Waals surface area (Å²) in [7, 11) is -3.32. The maximum Gasteiger partial charge on any atom is 0.175 e. The summed E-state index contributed by atoms with van der Waals surface area (Å²) in [5.74, 6) is 0.499. The van der Waals surface area contributed by atoms with Crippen LogP contribution >= 0.6 is 11.8 Å². The highest BCUT2D eigenvalue weighted by molar-refractivity contribution is 7.99. The molecule has 0 atom stereocenters. The average molecular weight is 529 g/mol. The lowest BCUT2D eigenvalue weighted by atomic mass is 10.0. The van der Waals surface area contributed by atoms with Crippen LogP contribution in [0, 0.1) is 6.92 Å². The first kappa shape index (κ1) is 15.9. The normalized spacial score (nSPS) is 24.4. The molecule has 2 heterocycles. The quantitative estimate of drug-likeness (QED) is 0.269. The lowest BCUT2D eigenvalue weighted by Gasteiger charge is -2.15. The molecule has 0 amide bonds. The maximum atomic E-state index is 11.8. The molecule has 186 valence electrons. The van der Waals surface area contributed by atoms with Crippen LogP contribution in [0.25, 0.3) is 16.8 Å². The molecule has 0 radical (unpaired) electrons. The number of ether oxygens (including phenoxy) is 1. The van der Waals surface area contributed by atoms with Gasteiger partial charge in [-0.15, -0.1) is 0 Å². The standard InChI is InChI=1S/C28H29N3O3S2/c1-20-16-24(11-14-27(20)21-9-12-26(13-10-21)36(2,32)33)34-19-23-18-30-28(35-25-7-3-4-8-25)31(23)22-6-5-15-29-17-22/h5-6,9-18,25H,3-4,7-8,19H2,1-2H3/i3D2,4D2,7D2,8D2,25D. The maximum absolute atomic E-state index is 11.8. The van der Waals surface area contributed by atoms with Crippen LogP contribution in [0.1, 0.15) is 49.1 Å². The Morgan fingerprint density at radius 1 is 1.14 bits per heavy atom. The van der Waals surface area contributed by atoms with E-state index in [1.54, 1.807) is 42.5 Å². The van der Waals surface area contributed by atoms with Crippen molar-refractivity contribution in [3.8, 4) is 22.6 Å². The van der Waals surface area contributed by atoms with E-state index < -0.39 is 40.6 Å². The predicted octanol–water partition coefficient (Wildman–Crippen LogP) is 6.26. The molecule has 5 rings (SSSR count). The molecule has 2 aromatic heterocycles. The largest absolute Gasteiger partial charge is 0.487 e. The van der Waals surface area contributed by atoms with Crippen LogP contribution in [-0.4, -0.2) is 34.4 Å². The van der Waals surface area contributed by atoms with E-state index in [0.717, 1.165) is 22.9 Å². The average Bonchev–Trinajstić information content (AvgIpc) is 3.39. The third-order valence-corrected chi connectivity index (χ3v) is 7.50. The summed E-state index contributed by atoms with van der Waals surface area (Å²) in [4.78, 5) is 8.65. The minimum absolute atomic E-state index is 0.0588. The molecule has 0 spiro atoms. The third-order valence-electron chi connectivity index (χ3n) is 5.49. The van der Waals surface area contributed by atoms with Crippen molar-refractivity contribution in [2.45, 2.75) is 54.3 Å². The fourth-order valence-corrected chi connectivity index (χ4v) is 5.18. The summed E-state index contributed by atoms with van der Waals surface area (Å²) >= 11 is 0.308. The Morgan fingerprint density at radius 3 is 2.58 bits per heavy atom. The van der Waals surface area contributed by atoms with Gasteiger partial charge in [-0.1, -0.05) is 42.7 Å². The molecule has 8 heteroatoms. The lowest BCUT2D eigenvalue weighted by molar-refractivity contribution is 0.298. The Hall–Kier alpha value is -3.10. The summed E-state index contributed by atoms with van der Waals surface area (Å²) in [6.07, 6.45) is -7.59. The number of imidazole rings is 1. The van der Waals surface area contributed by atoms with Crippen molar-refractivity contribution in [1.82, 2.24) is 14.5 Å². The van der Waals surface area contributed by atoms with E-state index in [1.165, 1.54) is 23.2 Å². The van der Waals surface area contributed by atoms with Gasteiger partial charge in [0.2, 0.25) is 0 Å². The van der Waals surface area contributed by atoms with E-state index in [2.05, 4.69) is 9.97 Å². The summed E-state index contributed by atoms with van der Waals surface area (Å²) in [5.41, 5.74) is 3.43. The number of hydrogen-bond donors (Lipinski definition) is 0. The molecule has 4 aromatic rings. The second kappa shape index (κ2) is 10.5. The molecule has 1 aliphatic rings. The molecule has 0 unspecified atom stereocenters. The van der Waals surface area contributed by atoms with E-state index in [-0.39, 0.29) is 16.7 Å². The van der Waals surface area contributed by atoms with Gasteiger partial charge in [-0.3, -0.25) is 9.55 Å². The summed E-state index contributed by atoms with van der Waals surface area (Å²) in [6.45, 7) is 1.83. The second-order valence-corrected chi connectivity index (χ2v) is 11.1. The van der Waals surface area contributed by atoms with Crippen LogP contribution in [0.3, 0.4) is 0 Å². The monoisotopic (exact) mass is 528 g/mol. The van der Waals surface area contributed by atoms with Crippen LogP contribution in [0.15, 0.2) is 83.2 Å². The summed E-state index contributed by atoms with van der Waals surface area (Å²) < 4.78 is 106. The highest BCUT2D eigenvalue weighted by Gasteiger charge is 2.21. The molecule has 0 saturated heterocycles. The van der Waals surface area contributed by atoms with Crippen molar-refractivity contribution < 1.29 is 25.5 Å². The number of rotatable bonds is 8. The van der Waals surface area contributed by atoms with Crippen LogP contribution in [0.4, 0.5) is 0 Å². The first-order chi connectivity index (χ1) is 20.8. The Labute approximate surface area is 229 Å². The molecule has 1 aliphatic carbocycles. The highest BCUT2D eigenvalue weighted by Crippen LogP contribution is 2.36. The number of aryl methyl sites for hydroxylation is 1. The first-order valence-electron chi connectivity index (χ1n) is 15.5. The molecule has 2 aromatic carbocycles. The number of nitrogens with zero attached hydrogens (tertiary/aromatic N) is 3. The van der Waals surface area contributed by atoms with Crippen molar-refractivity contribution in [3.05, 3.63) is 84.4 Å². The van der Waals surface area contributed by atoms with E-state index in [9.17, 15) is 8.42 Å². The fourth-order valence-electron chi connectivity index (χ4n) is 3.74. The number of hydrogen-bond acceptors (Lipinski definition) is 6. The number of thioether (sulfide) groups is 1. The lowest BCUT2D eigenvalue weighted by Crippen LogP contribution is -2.07. The Bertz CT molecular complexity index is 1820. The van der Waals surface area contributed by atoms with E-state index in [4.69, 9.17) is 17.1 Å². The molecule has 1 fully saturated rings. The topological polar surface area (TPSA) is 74.1 Å². The van der Waals surface area contributed by atoms with Crippen LogP contribution in [-0.2, 0) is 16.4 Å². The fraction of sp³-hybridized carbons (Fsp3) is 0.286.